The van der Waals surface area contributed by atoms with Crippen LogP contribution in [-0.2, 0) is 4.74 Å². The standard InChI is InChI=1S/C21H26N2O4/c1-21(2,3)27-20(26)23-14-10-8-13(9-11-14)17(23)12-22-18(24)15-6-4-5-7-16(15)19(22)25/h4-7,13-14,17H,8-12H2,1-3H3/t13?,14?,17-/m0/s1. The van der Waals surface area contributed by atoms with Crippen molar-refractivity contribution in [3.63, 3.8) is 0 Å². The molecule has 0 radical (unpaired) electrons. The lowest BCUT2D eigenvalue weighted by Gasteiger charge is -2.51. The molecular formula is C21H26N2O4. The number of nitrogens with zero attached hydrogens (tertiary/aromatic N) is 2. The van der Waals surface area contributed by atoms with Crippen LogP contribution in [0.5, 0.6) is 0 Å². The predicted octanol–water partition coefficient (Wildman–Crippen LogP) is 3.46. The van der Waals surface area contributed by atoms with E-state index in [9.17, 15) is 14.4 Å². The van der Waals surface area contributed by atoms with E-state index in [1.165, 1.54) is 4.90 Å². The van der Waals surface area contributed by atoms with Crippen LogP contribution in [0.3, 0.4) is 0 Å². The van der Waals surface area contributed by atoms with Crippen molar-refractivity contribution in [1.82, 2.24) is 9.80 Å². The van der Waals surface area contributed by atoms with Gasteiger partial charge in [-0.25, -0.2) is 4.79 Å². The maximum atomic E-state index is 12.9. The average Bonchev–Trinajstić information content (AvgIpc) is 2.86. The van der Waals surface area contributed by atoms with Crippen molar-refractivity contribution in [1.29, 1.82) is 0 Å². The Morgan fingerprint density at radius 3 is 2.11 bits per heavy atom. The largest absolute Gasteiger partial charge is 0.444 e. The van der Waals surface area contributed by atoms with E-state index < -0.39 is 5.60 Å². The zero-order valence-corrected chi connectivity index (χ0v) is 16.1. The van der Waals surface area contributed by atoms with Crippen molar-refractivity contribution >= 4 is 17.9 Å². The van der Waals surface area contributed by atoms with Gasteiger partial charge in [0.05, 0.1) is 23.7 Å². The molecule has 1 aromatic carbocycles. The molecule has 6 heteroatoms. The van der Waals surface area contributed by atoms with E-state index in [1.54, 1.807) is 24.3 Å². The lowest BCUT2D eigenvalue weighted by Crippen LogP contribution is -2.62. The third kappa shape index (κ3) is 3.11. The summed E-state index contributed by atoms with van der Waals surface area (Å²) in [6.07, 6.45) is 3.64. The number of amides is 3. The summed E-state index contributed by atoms with van der Waals surface area (Å²) in [5, 5.41) is 0. The van der Waals surface area contributed by atoms with Gasteiger partial charge in [0.2, 0.25) is 0 Å². The minimum atomic E-state index is -0.576. The quantitative estimate of drug-likeness (QED) is 0.748. The highest BCUT2D eigenvalue weighted by molar-refractivity contribution is 6.21. The molecule has 144 valence electrons. The minimum Gasteiger partial charge on any atom is -0.444 e. The van der Waals surface area contributed by atoms with Gasteiger partial charge in [0.15, 0.2) is 0 Å². The van der Waals surface area contributed by atoms with Crippen molar-refractivity contribution in [2.24, 2.45) is 5.92 Å². The van der Waals surface area contributed by atoms with Crippen LogP contribution in [0, 0.1) is 5.92 Å². The van der Waals surface area contributed by atoms with Crippen molar-refractivity contribution in [2.45, 2.75) is 64.1 Å². The second-order valence-corrected chi connectivity index (χ2v) is 8.79. The van der Waals surface area contributed by atoms with Gasteiger partial charge in [0.1, 0.15) is 5.60 Å². The monoisotopic (exact) mass is 370 g/mol. The number of imide groups is 1. The van der Waals surface area contributed by atoms with Crippen LogP contribution in [0.15, 0.2) is 24.3 Å². The lowest BCUT2D eigenvalue weighted by molar-refractivity contribution is -0.0456. The fraction of sp³-hybridized carbons (Fsp3) is 0.571. The molecule has 4 aliphatic rings. The Kier molecular flexibility index (Phi) is 4.24. The predicted molar refractivity (Wildman–Crippen MR) is 99.4 cm³/mol. The highest BCUT2D eigenvalue weighted by Crippen LogP contribution is 2.41. The molecule has 1 aromatic rings. The molecule has 0 spiro atoms. The molecule has 1 saturated carbocycles. The van der Waals surface area contributed by atoms with Gasteiger partial charge in [-0.05, 0) is 64.5 Å². The summed E-state index contributed by atoms with van der Waals surface area (Å²) in [5.74, 6) is -0.228. The van der Waals surface area contributed by atoms with Gasteiger partial charge < -0.3 is 9.64 Å². The Labute approximate surface area is 159 Å². The summed E-state index contributed by atoms with van der Waals surface area (Å²) in [7, 11) is 0. The van der Waals surface area contributed by atoms with Crippen LogP contribution in [0.2, 0.25) is 0 Å². The second-order valence-electron chi connectivity index (χ2n) is 8.79. The number of piperidine rings is 2. The zero-order chi connectivity index (χ0) is 19.3. The molecule has 5 rings (SSSR count). The van der Waals surface area contributed by atoms with E-state index in [0.29, 0.717) is 17.0 Å². The summed E-state index contributed by atoms with van der Waals surface area (Å²) in [4.78, 5) is 41.5. The smallest absolute Gasteiger partial charge is 0.410 e. The number of benzene rings is 1. The van der Waals surface area contributed by atoms with Gasteiger partial charge in [0.25, 0.3) is 11.8 Å². The minimum absolute atomic E-state index is 0.130. The summed E-state index contributed by atoms with van der Waals surface area (Å²) in [5.41, 5.74) is 0.327. The van der Waals surface area contributed by atoms with Gasteiger partial charge in [-0.3, -0.25) is 14.5 Å². The normalized spacial score (nSPS) is 27.1. The Morgan fingerprint density at radius 2 is 1.59 bits per heavy atom. The van der Waals surface area contributed by atoms with E-state index in [1.807, 2.05) is 25.7 Å². The number of hydrogen-bond donors (Lipinski definition) is 0. The van der Waals surface area contributed by atoms with Gasteiger partial charge in [-0.2, -0.15) is 0 Å². The molecule has 2 bridgehead atoms. The molecule has 1 atom stereocenters. The third-order valence-corrected chi connectivity index (χ3v) is 5.89. The summed E-state index contributed by atoms with van der Waals surface area (Å²) < 4.78 is 5.64. The molecular weight excluding hydrogens is 344 g/mol. The van der Waals surface area contributed by atoms with Crippen LogP contribution in [0.25, 0.3) is 0 Å². The first-order valence-electron chi connectivity index (χ1n) is 9.73. The van der Waals surface area contributed by atoms with Gasteiger partial charge in [0, 0.05) is 6.04 Å². The Bertz CT molecular complexity index is 755. The van der Waals surface area contributed by atoms with E-state index in [0.717, 1.165) is 25.7 Å². The van der Waals surface area contributed by atoms with Gasteiger partial charge in [-0.15, -0.1) is 0 Å². The zero-order valence-electron chi connectivity index (χ0n) is 16.1. The van der Waals surface area contributed by atoms with Crippen LogP contribution in [-0.4, -0.2) is 51.9 Å². The molecule has 0 aromatic heterocycles. The summed E-state index contributed by atoms with van der Waals surface area (Å²) in [6.45, 7) is 5.80. The SMILES string of the molecule is CC(C)(C)OC(=O)N1C2CCC(CC2)[C@@H]1CN1C(=O)c2ccccc2C1=O. The van der Waals surface area contributed by atoms with E-state index in [4.69, 9.17) is 4.74 Å². The molecule has 0 N–H and O–H groups in total. The Hall–Kier alpha value is -2.37. The molecule has 6 nitrogen and oxygen atoms in total. The third-order valence-electron chi connectivity index (χ3n) is 5.89. The number of rotatable bonds is 2. The van der Waals surface area contributed by atoms with Crippen molar-refractivity contribution < 1.29 is 19.1 Å². The number of carbonyl (C=O) groups is 3. The molecule has 3 fully saturated rings. The lowest BCUT2D eigenvalue weighted by atomic mass is 9.74. The van der Waals surface area contributed by atoms with Crippen LogP contribution < -0.4 is 0 Å². The highest BCUT2D eigenvalue weighted by atomic mass is 16.6. The number of carbonyl (C=O) groups excluding carboxylic acids is 3. The van der Waals surface area contributed by atoms with E-state index in [2.05, 4.69) is 0 Å². The maximum Gasteiger partial charge on any atom is 0.410 e. The van der Waals surface area contributed by atoms with Crippen LogP contribution in [0.4, 0.5) is 4.79 Å². The molecule has 27 heavy (non-hydrogen) atoms. The Morgan fingerprint density at radius 1 is 1.04 bits per heavy atom. The molecule has 2 saturated heterocycles. The van der Waals surface area contributed by atoms with Crippen molar-refractivity contribution in [2.75, 3.05) is 6.54 Å². The molecule has 0 unspecified atom stereocenters. The van der Waals surface area contributed by atoms with E-state index in [-0.39, 0.29) is 36.5 Å². The van der Waals surface area contributed by atoms with Gasteiger partial charge >= 0.3 is 6.09 Å². The van der Waals surface area contributed by atoms with E-state index >= 15 is 0 Å². The number of hydrogen-bond acceptors (Lipinski definition) is 4. The number of ether oxygens (including phenoxy) is 1. The molecule has 1 aliphatic carbocycles. The molecule has 3 heterocycles. The average molecular weight is 370 g/mol. The highest BCUT2D eigenvalue weighted by Gasteiger charge is 2.48. The van der Waals surface area contributed by atoms with Crippen molar-refractivity contribution in [3.8, 4) is 0 Å². The fourth-order valence-corrected chi connectivity index (χ4v) is 4.69. The Balaban J connectivity index is 1.59. The van der Waals surface area contributed by atoms with Crippen LogP contribution in [0.1, 0.15) is 67.2 Å². The summed E-state index contributed by atoms with van der Waals surface area (Å²) >= 11 is 0. The molecule has 3 amide bonds. The topological polar surface area (TPSA) is 66.9 Å². The van der Waals surface area contributed by atoms with Crippen molar-refractivity contribution in [3.05, 3.63) is 35.4 Å². The second kappa shape index (κ2) is 6.36. The summed E-state index contributed by atoms with van der Waals surface area (Å²) in [6, 6.07) is 6.87. The first-order chi connectivity index (χ1) is 12.8. The maximum absolute atomic E-state index is 12.9. The van der Waals surface area contributed by atoms with Gasteiger partial charge in [-0.1, -0.05) is 12.1 Å². The number of fused-ring (bicyclic) bond motifs is 4. The first-order valence-corrected chi connectivity index (χ1v) is 9.73. The van der Waals surface area contributed by atoms with Crippen LogP contribution >= 0.6 is 0 Å². The first kappa shape index (κ1) is 18.0. The molecule has 3 aliphatic heterocycles. The fourth-order valence-electron chi connectivity index (χ4n) is 4.69.